The molecule has 120 valence electrons. The van der Waals surface area contributed by atoms with E-state index in [1.165, 1.54) is 16.7 Å². The summed E-state index contributed by atoms with van der Waals surface area (Å²) in [5.41, 5.74) is 3.79. The number of hydrogen-bond donors (Lipinski definition) is 2. The fraction of sp³-hybridized carbons (Fsp3) is 0.375. The van der Waals surface area contributed by atoms with Gasteiger partial charge in [0.05, 0.1) is 6.20 Å². The van der Waals surface area contributed by atoms with Crippen LogP contribution in [0.2, 0.25) is 0 Å². The van der Waals surface area contributed by atoms with Crippen molar-refractivity contribution in [3.63, 3.8) is 0 Å². The molecule has 2 aromatic rings. The first-order valence-electron chi connectivity index (χ1n) is 7.15. The molecule has 5 nitrogen and oxygen atoms in total. The summed E-state index contributed by atoms with van der Waals surface area (Å²) >= 11 is 0. The Bertz CT molecular complexity index is 606. The van der Waals surface area contributed by atoms with Crippen LogP contribution < -0.4 is 10.6 Å². The third-order valence-corrected chi connectivity index (χ3v) is 3.40. The van der Waals surface area contributed by atoms with Crippen molar-refractivity contribution in [3.05, 3.63) is 53.3 Å². The Hall–Kier alpha value is -1.57. The van der Waals surface area contributed by atoms with Crippen LogP contribution in [0.4, 0.5) is 0 Å². The van der Waals surface area contributed by atoms with Crippen LogP contribution in [-0.4, -0.2) is 29.3 Å². The first-order valence-corrected chi connectivity index (χ1v) is 7.15. The van der Waals surface area contributed by atoms with E-state index in [0.717, 1.165) is 25.5 Å². The lowest BCUT2D eigenvalue weighted by Gasteiger charge is -2.12. The Labute approximate surface area is 149 Å². The highest BCUT2D eigenvalue weighted by molar-refractivity contribution is 14.0. The molecule has 22 heavy (non-hydrogen) atoms. The second kappa shape index (κ2) is 9.45. The molecule has 0 saturated heterocycles. The van der Waals surface area contributed by atoms with Crippen molar-refractivity contribution in [3.8, 4) is 0 Å². The van der Waals surface area contributed by atoms with E-state index in [1.54, 1.807) is 7.05 Å². The van der Waals surface area contributed by atoms with Gasteiger partial charge < -0.3 is 10.6 Å². The standard InChI is InChI=1S/C16H23N5.HI/c1-13-6-4-5-7-15(13)11-19-16(17-2)18-9-8-14-10-20-21(3)12-14;/h4-7,10,12H,8-9,11H2,1-3H3,(H2,17,18,19);1H. The van der Waals surface area contributed by atoms with Crippen molar-refractivity contribution in [2.75, 3.05) is 13.6 Å². The third kappa shape index (κ3) is 5.67. The van der Waals surface area contributed by atoms with Gasteiger partial charge in [-0.3, -0.25) is 9.67 Å². The zero-order chi connectivity index (χ0) is 15.1. The van der Waals surface area contributed by atoms with Gasteiger partial charge >= 0.3 is 0 Å². The van der Waals surface area contributed by atoms with Gasteiger partial charge in [0.1, 0.15) is 0 Å². The summed E-state index contributed by atoms with van der Waals surface area (Å²) < 4.78 is 1.82. The number of aliphatic imine (C=N–C) groups is 1. The van der Waals surface area contributed by atoms with Crippen LogP contribution in [0.1, 0.15) is 16.7 Å². The van der Waals surface area contributed by atoms with E-state index in [4.69, 9.17) is 0 Å². The van der Waals surface area contributed by atoms with Gasteiger partial charge in [-0.25, -0.2) is 0 Å². The Morgan fingerprint density at radius 2 is 2.05 bits per heavy atom. The molecule has 0 amide bonds. The van der Waals surface area contributed by atoms with Gasteiger partial charge in [-0.1, -0.05) is 24.3 Å². The second-order valence-corrected chi connectivity index (χ2v) is 5.05. The lowest BCUT2D eigenvalue weighted by molar-refractivity contribution is 0.764. The van der Waals surface area contributed by atoms with E-state index in [2.05, 4.69) is 51.9 Å². The molecule has 1 heterocycles. The van der Waals surface area contributed by atoms with E-state index >= 15 is 0 Å². The van der Waals surface area contributed by atoms with Crippen molar-refractivity contribution < 1.29 is 0 Å². The minimum Gasteiger partial charge on any atom is -0.356 e. The molecular formula is C16H24IN5. The lowest BCUT2D eigenvalue weighted by atomic mass is 10.1. The quantitative estimate of drug-likeness (QED) is 0.449. The molecule has 0 aliphatic heterocycles. The number of rotatable bonds is 5. The maximum atomic E-state index is 4.24. The molecule has 6 heteroatoms. The Kier molecular flexibility index (Phi) is 7.94. The molecule has 0 fully saturated rings. The van der Waals surface area contributed by atoms with Crippen LogP contribution in [0.15, 0.2) is 41.7 Å². The number of aryl methyl sites for hydroxylation is 2. The van der Waals surface area contributed by atoms with Crippen molar-refractivity contribution >= 4 is 29.9 Å². The zero-order valence-corrected chi connectivity index (χ0v) is 15.7. The number of halogens is 1. The van der Waals surface area contributed by atoms with Gasteiger partial charge in [-0.05, 0) is 30.0 Å². The van der Waals surface area contributed by atoms with Crippen LogP contribution in [0.5, 0.6) is 0 Å². The molecule has 0 aliphatic rings. The number of guanidine groups is 1. The van der Waals surface area contributed by atoms with Crippen molar-refractivity contribution in [1.82, 2.24) is 20.4 Å². The summed E-state index contributed by atoms with van der Waals surface area (Å²) in [5.74, 6) is 0.821. The molecule has 2 rings (SSSR count). The number of hydrogen-bond acceptors (Lipinski definition) is 2. The number of benzene rings is 1. The topological polar surface area (TPSA) is 54.2 Å². The Morgan fingerprint density at radius 3 is 2.68 bits per heavy atom. The summed E-state index contributed by atoms with van der Waals surface area (Å²) in [4.78, 5) is 4.24. The van der Waals surface area contributed by atoms with Gasteiger partial charge in [-0.2, -0.15) is 5.10 Å². The molecule has 0 aliphatic carbocycles. The lowest BCUT2D eigenvalue weighted by Crippen LogP contribution is -2.37. The zero-order valence-electron chi connectivity index (χ0n) is 13.3. The third-order valence-electron chi connectivity index (χ3n) is 3.40. The van der Waals surface area contributed by atoms with Gasteiger partial charge in [0.2, 0.25) is 0 Å². The average Bonchev–Trinajstić information content (AvgIpc) is 2.90. The van der Waals surface area contributed by atoms with E-state index in [-0.39, 0.29) is 24.0 Å². The second-order valence-electron chi connectivity index (χ2n) is 5.05. The van der Waals surface area contributed by atoms with Crippen LogP contribution >= 0.6 is 24.0 Å². The molecule has 2 N–H and O–H groups in total. The maximum Gasteiger partial charge on any atom is 0.191 e. The molecule has 0 unspecified atom stereocenters. The van der Waals surface area contributed by atoms with E-state index in [1.807, 2.05) is 24.1 Å². The first-order chi connectivity index (χ1) is 10.2. The van der Waals surface area contributed by atoms with Gasteiger partial charge in [0, 0.05) is 33.4 Å². The van der Waals surface area contributed by atoms with E-state index < -0.39 is 0 Å². The van der Waals surface area contributed by atoms with Crippen molar-refractivity contribution in [2.24, 2.45) is 12.0 Å². The average molecular weight is 413 g/mol. The predicted molar refractivity (Wildman–Crippen MR) is 102 cm³/mol. The Morgan fingerprint density at radius 1 is 1.27 bits per heavy atom. The van der Waals surface area contributed by atoms with Gasteiger partial charge in [0.25, 0.3) is 0 Å². The number of nitrogens with one attached hydrogen (secondary N) is 2. The summed E-state index contributed by atoms with van der Waals surface area (Å²) in [6.07, 6.45) is 4.86. The minimum atomic E-state index is 0. The monoisotopic (exact) mass is 413 g/mol. The fourth-order valence-corrected chi connectivity index (χ4v) is 2.13. The summed E-state index contributed by atoms with van der Waals surface area (Å²) in [6.45, 7) is 3.73. The molecule has 0 atom stereocenters. The highest BCUT2D eigenvalue weighted by Crippen LogP contribution is 2.05. The van der Waals surface area contributed by atoms with Crippen LogP contribution in [0.25, 0.3) is 0 Å². The molecule has 0 radical (unpaired) electrons. The molecule has 1 aromatic carbocycles. The molecule has 0 spiro atoms. The van der Waals surface area contributed by atoms with Gasteiger partial charge in [0.15, 0.2) is 5.96 Å². The van der Waals surface area contributed by atoms with Crippen molar-refractivity contribution in [1.29, 1.82) is 0 Å². The summed E-state index contributed by atoms with van der Waals surface area (Å²) in [7, 11) is 3.72. The van der Waals surface area contributed by atoms with E-state index in [9.17, 15) is 0 Å². The number of nitrogens with zero attached hydrogens (tertiary/aromatic N) is 3. The van der Waals surface area contributed by atoms with Crippen molar-refractivity contribution in [2.45, 2.75) is 19.9 Å². The number of aromatic nitrogens is 2. The van der Waals surface area contributed by atoms with Crippen LogP contribution in [-0.2, 0) is 20.0 Å². The maximum absolute atomic E-state index is 4.24. The first kappa shape index (κ1) is 18.5. The Balaban J connectivity index is 0.00000242. The highest BCUT2D eigenvalue weighted by Gasteiger charge is 2.01. The minimum absolute atomic E-state index is 0. The van der Waals surface area contributed by atoms with Crippen LogP contribution in [0.3, 0.4) is 0 Å². The smallest absolute Gasteiger partial charge is 0.191 e. The molecule has 0 bridgehead atoms. The summed E-state index contributed by atoms with van der Waals surface area (Å²) in [6, 6.07) is 8.36. The largest absolute Gasteiger partial charge is 0.356 e. The SMILES string of the molecule is CN=C(NCCc1cnn(C)c1)NCc1ccccc1C.I. The molecule has 0 saturated carbocycles. The normalized spacial score (nSPS) is 11.0. The fourth-order valence-electron chi connectivity index (χ4n) is 2.13. The predicted octanol–water partition coefficient (Wildman–Crippen LogP) is 2.25. The molecular weight excluding hydrogens is 389 g/mol. The van der Waals surface area contributed by atoms with Gasteiger partial charge in [-0.15, -0.1) is 24.0 Å². The van der Waals surface area contributed by atoms with E-state index in [0.29, 0.717) is 0 Å². The highest BCUT2D eigenvalue weighted by atomic mass is 127. The van der Waals surface area contributed by atoms with Crippen LogP contribution in [0, 0.1) is 6.92 Å². The molecule has 1 aromatic heterocycles. The summed E-state index contributed by atoms with van der Waals surface area (Å²) in [5, 5.41) is 10.8.